The van der Waals surface area contributed by atoms with E-state index in [2.05, 4.69) is 10.2 Å². The second-order valence-electron chi connectivity index (χ2n) is 6.00. The van der Waals surface area contributed by atoms with Gasteiger partial charge in [-0.05, 0) is 30.4 Å². The number of nitro benzene ring substituents is 1. The first-order valence-corrected chi connectivity index (χ1v) is 9.16. The average Bonchev–Trinajstić information content (AvgIpc) is 2.69. The smallest absolute Gasteiger partial charge is 0.271 e. The molecule has 1 aliphatic heterocycles. The highest BCUT2D eigenvalue weighted by molar-refractivity contribution is 7.80. The van der Waals surface area contributed by atoms with E-state index < -0.39 is 4.92 Å². The number of nitro groups is 1. The van der Waals surface area contributed by atoms with Gasteiger partial charge in [-0.1, -0.05) is 23.7 Å². The lowest BCUT2D eigenvalue weighted by atomic mass is 10.2. The fourth-order valence-corrected chi connectivity index (χ4v) is 3.42. The van der Waals surface area contributed by atoms with Crippen LogP contribution >= 0.6 is 23.8 Å². The van der Waals surface area contributed by atoms with Crippen LogP contribution in [0.15, 0.2) is 42.5 Å². The van der Waals surface area contributed by atoms with Gasteiger partial charge in [0.15, 0.2) is 5.11 Å². The minimum absolute atomic E-state index is 0.0364. The van der Waals surface area contributed by atoms with Gasteiger partial charge in [-0.3, -0.25) is 10.1 Å². The molecule has 7 nitrogen and oxygen atoms in total. The molecule has 0 bridgehead atoms. The van der Waals surface area contributed by atoms with Crippen LogP contribution < -0.4 is 15.0 Å². The molecule has 1 heterocycles. The Balaban J connectivity index is 1.64. The minimum atomic E-state index is -0.462. The minimum Gasteiger partial charge on any atom is -0.495 e. The molecular formula is C18H19ClN4O3S. The Kier molecular flexibility index (Phi) is 5.98. The molecule has 142 valence electrons. The van der Waals surface area contributed by atoms with Gasteiger partial charge in [-0.25, -0.2) is 0 Å². The SMILES string of the molecule is COc1ccccc1N1CCN(C(=S)Nc2cc([N+](=O)[O-])ccc2Cl)CC1. The van der Waals surface area contributed by atoms with Crippen molar-refractivity contribution in [3.63, 3.8) is 0 Å². The van der Waals surface area contributed by atoms with Gasteiger partial charge in [0.2, 0.25) is 0 Å². The number of thiocarbonyl (C=S) groups is 1. The molecule has 2 aromatic rings. The molecule has 0 spiro atoms. The van der Waals surface area contributed by atoms with Crippen LogP contribution in [0.5, 0.6) is 5.75 Å². The van der Waals surface area contributed by atoms with E-state index in [4.69, 9.17) is 28.6 Å². The van der Waals surface area contributed by atoms with E-state index >= 15 is 0 Å². The van der Waals surface area contributed by atoms with E-state index in [1.54, 1.807) is 7.11 Å². The first-order chi connectivity index (χ1) is 13.0. The summed E-state index contributed by atoms with van der Waals surface area (Å²) < 4.78 is 5.43. The average molecular weight is 407 g/mol. The normalized spacial score (nSPS) is 14.0. The van der Waals surface area contributed by atoms with E-state index in [-0.39, 0.29) is 5.69 Å². The van der Waals surface area contributed by atoms with Gasteiger partial charge in [0.25, 0.3) is 5.69 Å². The Hall–Kier alpha value is -2.58. The molecule has 1 fully saturated rings. The Morgan fingerprint density at radius 2 is 1.93 bits per heavy atom. The Morgan fingerprint density at radius 1 is 1.22 bits per heavy atom. The molecule has 2 aromatic carbocycles. The Morgan fingerprint density at radius 3 is 2.59 bits per heavy atom. The number of nitrogens with zero attached hydrogens (tertiary/aromatic N) is 3. The summed E-state index contributed by atoms with van der Waals surface area (Å²) in [6, 6.07) is 12.2. The van der Waals surface area contributed by atoms with Crippen LogP contribution in [0.4, 0.5) is 17.1 Å². The summed E-state index contributed by atoms with van der Waals surface area (Å²) in [4.78, 5) is 14.8. The third-order valence-corrected chi connectivity index (χ3v) is 5.08. The predicted molar refractivity (Wildman–Crippen MR) is 111 cm³/mol. The van der Waals surface area contributed by atoms with Crippen molar-refractivity contribution in [1.29, 1.82) is 0 Å². The molecule has 27 heavy (non-hydrogen) atoms. The van der Waals surface area contributed by atoms with Crippen LogP contribution in [0.1, 0.15) is 0 Å². The summed E-state index contributed by atoms with van der Waals surface area (Å²) in [5.41, 5.74) is 1.45. The summed E-state index contributed by atoms with van der Waals surface area (Å²) in [5.74, 6) is 0.843. The van der Waals surface area contributed by atoms with E-state index in [0.29, 0.717) is 15.8 Å². The first-order valence-electron chi connectivity index (χ1n) is 8.37. The fourth-order valence-electron chi connectivity index (χ4n) is 2.96. The highest BCUT2D eigenvalue weighted by Gasteiger charge is 2.22. The van der Waals surface area contributed by atoms with Crippen molar-refractivity contribution in [3.8, 4) is 5.75 Å². The number of ether oxygens (including phenoxy) is 1. The second kappa shape index (κ2) is 8.41. The summed E-state index contributed by atoms with van der Waals surface area (Å²) in [6.07, 6.45) is 0. The number of piperazine rings is 1. The maximum Gasteiger partial charge on any atom is 0.271 e. The number of nitrogens with one attached hydrogen (secondary N) is 1. The predicted octanol–water partition coefficient (Wildman–Crippen LogP) is 3.78. The zero-order valence-electron chi connectivity index (χ0n) is 14.7. The van der Waals surface area contributed by atoms with Crippen LogP contribution in [0.3, 0.4) is 0 Å². The second-order valence-corrected chi connectivity index (χ2v) is 6.79. The van der Waals surface area contributed by atoms with Crippen LogP contribution in [0.2, 0.25) is 5.02 Å². The van der Waals surface area contributed by atoms with Crippen LogP contribution in [0, 0.1) is 10.1 Å². The largest absolute Gasteiger partial charge is 0.495 e. The third kappa shape index (κ3) is 4.40. The summed E-state index contributed by atoms with van der Waals surface area (Å²) in [5, 5.41) is 14.9. The van der Waals surface area contributed by atoms with E-state index in [1.807, 2.05) is 29.2 Å². The van der Waals surface area contributed by atoms with Crippen molar-refractivity contribution in [1.82, 2.24) is 4.90 Å². The van der Waals surface area contributed by atoms with Crippen molar-refractivity contribution in [3.05, 3.63) is 57.6 Å². The van der Waals surface area contributed by atoms with Crippen LogP contribution in [-0.2, 0) is 0 Å². The molecule has 1 N–H and O–H groups in total. The van der Waals surface area contributed by atoms with Gasteiger partial charge in [0.1, 0.15) is 5.75 Å². The highest BCUT2D eigenvalue weighted by atomic mass is 35.5. The van der Waals surface area contributed by atoms with Crippen molar-refractivity contribution < 1.29 is 9.66 Å². The van der Waals surface area contributed by atoms with E-state index in [9.17, 15) is 10.1 Å². The first kappa shape index (κ1) is 19.2. The molecule has 0 atom stereocenters. The zero-order chi connectivity index (χ0) is 19.4. The van der Waals surface area contributed by atoms with Gasteiger partial charge in [-0.15, -0.1) is 0 Å². The van der Waals surface area contributed by atoms with Gasteiger partial charge < -0.3 is 19.9 Å². The van der Waals surface area contributed by atoms with Gasteiger partial charge in [0.05, 0.1) is 28.4 Å². The highest BCUT2D eigenvalue weighted by Crippen LogP contribution is 2.29. The van der Waals surface area contributed by atoms with Crippen molar-refractivity contribution in [2.45, 2.75) is 0 Å². The van der Waals surface area contributed by atoms with Crippen molar-refractivity contribution >= 4 is 46.0 Å². The van der Waals surface area contributed by atoms with Crippen LogP contribution in [0.25, 0.3) is 0 Å². The van der Waals surface area contributed by atoms with Gasteiger partial charge in [-0.2, -0.15) is 0 Å². The number of anilines is 2. The quantitative estimate of drug-likeness (QED) is 0.470. The number of para-hydroxylation sites is 2. The molecule has 0 amide bonds. The summed E-state index contributed by atoms with van der Waals surface area (Å²) >= 11 is 11.6. The van der Waals surface area contributed by atoms with E-state index in [1.165, 1.54) is 18.2 Å². The third-order valence-electron chi connectivity index (χ3n) is 4.40. The molecular weight excluding hydrogens is 388 g/mol. The van der Waals surface area contributed by atoms with Gasteiger partial charge >= 0.3 is 0 Å². The van der Waals surface area contributed by atoms with Crippen LogP contribution in [-0.4, -0.2) is 48.2 Å². The molecule has 1 aliphatic rings. The summed E-state index contributed by atoms with van der Waals surface area (Å²) in [7, 11) is 1.66. The number of rotatable bonds is 4. The molecule has 0 radical (unpaired) electrons. The molecule has 0 saturated carbocycles. The monoisotopic (exact) mass is 406 g/mol. The fraction of sp³-hybridized carbons (Fsp3) is 0.278. The van der Waals surface area contributed by atoms with Gasteiger partial charge in [0, 0.05) is 38.3 Å². The number of benzene rings is 2. The van der Waals surface area contributed by atoms with E-state index in [0.717, 1.165) is 37.6 Å². The summed E-state index contributed by atoms with van der Waals surface area (Å²) in [6.45, 7) is 3.00. The lowest BCUT2D eigenvalue weighted by Crippen LogP contribution is -2.50. The topological polar surface area (TPSA) is 70.9 Å². The zero-order valence-corrected chi connectivity index (χ0v) is 16.3. The number of halogens is 1. The standard InChI is InChI=1S/C18H19ClN4O3S/c1-26-17-5-3-2-4-16(17)21-8-10-22(11-9-21)18(27)20-15-12-13(23(24)25)6-7-14(15)19/h2-7,12H,8-11H2,1H3,(H,20,27). The molecule has 9 heteroatoms. The van der Waals surface area contributed by atoms with Crippen molar-refractivity contribution in [2.24, 2.45) is 0 Å². The molecule has 1 saturated heterocycles. The maximum absolute atomic E-state index is 11.0. The molecule has 0 unspecified atom stereocenters. The Labute approximate surface area is 167 Å². The van der Waals surface area contributed by atoms with Crippen molar-refractivity contribution in [2.75, 3.05) is 43.5 Å². The number of hydrogen-bond donors (Lipinski definition) is 1. The number of hydrogen-bond acceptors (Lipinski definition) is 5. The number of methoxy groups -OCH3 is 1. The Bertz CT molecular complexity index is 856. The lowest BCUT2D eigenvalue weighted by molar-refractivity contribution is -0.384. The maximum atomic E-state index is 11.0. The molecule has 0 aromatic heterocycles. The number of non-ortho nitro benzene ring substituents is 1. The molecule has 3 rings (SSSR count). The lowest BCUT2D eigenvalue weighted by Gasteiger charge is -2.37. The molecule has 0 aliphatic carbocycles.